The van der Waals surface area contributed by atoms with Gasteiger partial charge >= 0.3 is 6.03 Å². The third-order valence-corrected chi connectivity index (χ3v) is 2.10. The zero-order valence-corrected chi connectivity index (χ0v) is 6.67. The average molecular weight is 184 g/mol. The summed E-state index contributed by atoms with van der Waals surface area (Å²) in [4.78, 5) is 23.1. The van der Waals surface area contributed by atoms with Gasteiger partial charge in [-0.15, -0.1) is 5.10 Å². The van der Waals surface area contributed by atoms with E-state index >= 15 is 0 Å². The maximum Gasteiger partial charge on any atom is 0.329 e. The molecular formula is C5H4N4O2S. The number of amides is 3. The van der Waals surface area contributed by atoms with Gasteiger partial charge < -0.3 is 0 Å². The molecule has 0 saturated carbocycles. The number of rotatable bonds is 1. The monoisotopic (exact) mass is 184 g/mol. The predicted molar refractivity (Wildman–Crippen MR) is 40.8 cm³/mol. The van der Waals surface area contributed by atoms with Crippen LogP contribution < -0.4 is 10.2 Å². The Bertz CT molecular complexity index is 322. The van der Waals surface area contributed by atoms with Crippen LogP contribution in [-0.2, 0) is 4.79 Å². The Kier molecular flexibility index (Phi) is 1.51. The fraction of sp³-hybridized carbons (Fsp3) is 0.200. The number of urea groups is 1. The lowest BCUT2D eigenvalue weighted by Crippen LogP contribution is -2.27. The second-order valence-electron chi connectivity index (χ2n) is 2.20. The smallest absolute Gasteiger partial charge is 0.276 e. The van der Waals surface area contributed by atoms with Crippen LogP contribution >= 0.6 is 11.5 Å². The molecule has 7 heteroatoms. The van der Waals surface area contributed by atoms with Crippen molar-refractivity contribution in [2.45, 2.75) is 0 Å². The summed E-state index contributed by atoms with van der Waals surface area (Å²) in [6.45, 7) is 0.0582. The largest absolute Gasteiger partial charge is 0.329 e. The first-order valence-corrected chi connectivity index (χ1v) is 3.93. The van der Waals surface area contributed by atoms with Crippen molar-refractivity contribution in [3.05, 3.63) is 6.20 Å². The van der Waals surface area contributed by atoms with E-state index in [0.717, 1.165) is 11.5 Å². The number of imide groups is 1. The highest BCUT2D eigenvalue weighted by molar-refractivity contribution is 7.10. The molecule has 0 spiro atoms. The second-order valence-corrected chi connectivity index (χ2v) is 2.96. The van der Waals surface area contributed by atoms with Crippen LogP contribution in [-0.4, -0.2) is 28.1 Å². The highest BCUT2D eigenvalue weighted by Gasteiger charge is 2.28. The van der Waals surface area contributed by atoms with Crippen LogP contribution in [0.4, 0.5) is 9.80 Å². The van der Waals surface area contributed by atoms with Crippen molar-refractivity contribution < 1.29 is 9.59 Å². The molecule has 3 amide bonds. The summed E-state index contributed by atoms with van der Waals surface area (Å²) >= 11 is 1.08. The third kappa shape index (κ3) is 1.03. The molecule has 2 heterocycles. The molecule has 0 bridgehead atoms. The van der Waals surface area contributed by atoms with E-state index in [2.05, 4.69) is 14.9 Å². The first-order valence-electron chi connectivity index (χ1n) is 3.16. The molecular weight excluding hydrogens is 180 g/mol. The Hall–Kier alpha value is -1.50. The van der Waals surface area contributed by atoms with E-state index in [1.165, 1.54) is 11.1 Å². The highest BCUT2D eigenvalue weighted by Crippen LogP contribution is 2.18. The van der Waals surface area contributed by atoms with E-state index in [0.29, 0.717) is 5.00 Å². The summed E-state index contributed by atoms with van der Waals surface area (Å²) in [6, 6.07) is -0.411. The molecule has 1 aromatic heterocycles. The zero-order chi connectivity index (χ0) is 8.55. The van der Waals surface area contributed by atoms with Gasteiger partial charge in [0.15, 0.2) is 0 Å². The number of hydrogen-bond donors (Lipinski definition) is 1. The zero-order valence-electron chi connectivity index (χ0n) is 5.85. The number of aromatic nitrogens is 2. The summed E-state index contributed by atoms with van der Waals surface area (Å²) in [5.41, 5.74) is 0. The lowest BCUT2D eigenvalue weighted by atomic mass is 10.6. The van der Waals surface area contributed by atoms with E-state index in [9.17, 15) is 9.59 Å². The van der Waals surface area contributed by atoms with Gasteiger partial charge in [-0.3, -0.25) is 15.0 Å². The summed E-state index contributed by atoms with van der Waals surface area (Å²) in [6.07, 6.45) is 1.45. The van der Waals surface area contributed by atoms with Crippen molar-refractivity contribution >= 4 is 28.5 Å². The van der Waals surface area contributed by atoms with Gasteiger partial charge in [0, 0.05) is 11.5 Å². The van der Waals surface area contributed by atoms with Crippen molar-refractivity contribution in [3.63, 3.8) is 0 Å². The van der Waals surface area contributed by atoms with Crippen molar-refractivity contribution in [1.29, 1.82) is 0 Å². The van der Waals surface area contributed by atoms with Crippen molar-refractivity contribution in [2.24, 2.45) is 0 Å². The number of carbonyl (C=O) groups excluding carboxylic acids is 2. The molecule has 1 aliphatic rings. The molecule has 1 aliphatic heterocycles. The Morgan fingerprint density at radius 2 is 2.42 bits per heavy atom. The average Bonchev–Trinajstić information content (AvgIpc) is 2.58. The van der Waals surface area contributed by atoms with Crippen LogP contribution in [0.15, 0.2) is 6.20 Å². The van der Waals surface area contributed by atoms with Crippen molar-refractivity contribution in [2.75, 3.05) is 11.4 Å². The quantitative estimate of drug-likeness (QED) is 0.602. The molecule has 0 unspecified atom stereocenters. The summed E-state index contributed by atoms with van der Waals surface area (Å²) in [5.74, 6) is -0.298. The molecule has 2 rings (SSSR count). The Balaban J connectivity index is 2.26. The van der Waals surface area contributed by atoms with Gasteiger partial charge in [-0.2, -0.15) is 0 Å². The molecule has 12 heavy (non-hydrogen) atoms. The Labute approximate surface area is 71.3 Å². The maximum atomic E-state index is 11.0. The molecule has 1 saturated heterocycles. The van der Waals surface area contributed by atoms with Crippen LogP contribution in [0.1, 0.15) is 0 Å². The molecule has 1 aromatic rings. The Morgan fingerprint density at radius 1 is 1.58 bits per heavy atom. The number of carbonyl (C=O) groups is 2. The first-order chi connectivity index (χ1) is 5.77. The highest BCUT2D eigenvalue weighted by atomic mass is 32.1. The SMILES string of the molecule is O=C1CN(c2cnns2)C(=O)N1. The summed E-state index contributed by atoms with van der Waals surface area (Å²) in [7, 11) is 0. The number of hydrogen-bond acceptors (Lipinski definition) is 5. The maximum absolute atomic E-state index is 11.0. The topological polar surface area (TPSA) is 75.2 Å². The molecule has 1 N–H and O–H groups in total. The van der Waals surface area contributed by atoms with Gasteiger partial charge in [0.2, 0.25) is 5.91 Å². The van der Waals surface area contributed by atoms with Gasteiger partial charge in [-0.1, -0.05) is 4.49 Å². The predicted octanol–water partition coefficient (Wildman–Crippen LogP) is -0.406. The van der Waals surface area contributed by atoms with Gasteiger partial charge in [-0.05, 0) is 0 Å². The molecule has 0 atom stereocenters. The second kappa shape index (κ2) is 2.52. The Morgan fingerprint density at radius 3 is 2.92 bits per heavy atom. The van der Waals surface area contributed by atoms with Crippen LogP contribution in [0.2, 0.25) is 0 Å². The van der Waals surface area contributed by atoms with Gasteiger partial charge in [0.25, 0.3) is 0 Å². The van der Waals surface area contributed by atoms with Gasteiger partial charge in [0.05, 0.1) is 6.20 Å². The molecule has 0 aromatic carbocycles. The fourth-order valence-electron chi connectivity index (χ4n) is 0.901. The van der Waals surface area contributed by atoms with E-state index in [1.807, 2.05) is 0 Å². The number of nitrogens with one attached hydrogen (secondary N) is 1. The number of nitrogens with zero attached hydrogens (tertiary/aromatic N) is 3. The van der Waals surface area contributed by atoms with E-state index in [4.69, 9.17) is 0 Å². The summed E-state index contributed by atoms with van der Waals surface area (Å²) < 4.78 is 3.58. The molecule has 0 radical (unpaired) electrons. The third-order valence-electron chi connectivity index (χ3n) is 1.41. The first kappa shape index (κ1) is 7.17. The molecule has 1 fully saturated rings. The van der Waals surface area contributed by atoms with Crippen molar-refractivity contribution in [3.8, 4) is 0 Å². The molecule has 62 valence electrons. The normalized spacial score (nSPS) is 16.8. The number of anilines is 1. The van der Waals surface area contributed by atoms with Crippen LogP contribution in [0, 0.1) is 0 Å². The minimum Gasteiger partial charge on any atom is -0.276 e. The lowest BCUT2D eigenvalue weighted by Gasteiger charge is -2.06. The van der Waals surface area contributed by atoms with Crippen molar-refractivity contribution in [1.82, 2.24) is 14.9 Å². The van der Waals surface area contributed by atoms with Crippen LogP contribution in [0.3, 0.4) is 0 Å². The molecule has 6 nitrogen and oxygen atoms in total. The van der Waals surface area contributed by atoms with Crippen LogP contribution in [0.25, 0.3) is 0 Å². The van der Waals surface area contributed by atoms with E-state index < -0.39 is 6.03 Å². The molecule has 0 aliphatic carbocycles. The fourth-order valence-corrected chi connectivity index (χ4v) is 1.42. The van der Waals surface area contributed by atoms with Crippen LogP contribution in [0.5, 0.6) is 0 Å². The van der Waals surface area contributed by atoms with Gasteiger partial charge in [-0.25, -0.2) is 4.79 Å². The van der Waals surface area contributed by atoms with E-state index in [-0.39, 0.29) is 12.5 Å². The van der Waals surface area contributed by atoms with Gasteiger partial charge in [0.1, 0.15) is 11.5 Å². The minimum absolute atomic E-state index is 0.0582. The summed E-state index contributed by atoms with van der Waals surface area (Å²) in [5, 5.41) is 6.30. The standard InChI is InChI=1S/C5H4N4O2S/c10-3-2-9(5(11)7-3)4-1-6-8-12-4/h1H,2H2,(H,7,10,11). The minimum atomic E-state index is -0.411. The lowest BCUT2D eigenvalue weighted by molar-refractivity contribution is -0.117. The van der Waals surface area contributed by atoms with E-state index in [1.54, 1.807) is 0 Å².